The molecule has 0 spiro atoms. The van der Waals surface area contributed by atoms with E-state index in [1.54, 1.807) is 12.4 Å². The molecule has 2 aromatic rings. The average molecular weight is 322 g/mol. The van der Waals surface area contributed by atoms with Crippen LogP contribution in [0.25, 0.3) is 0 Å². The molecule has 2 rings (SSSR count). The number of pyridine rings is 1. The van der Waals surface area contributed by atoms with E-state index in [-0.39, 0.29) is 12.2 Å². The predicted molar refractivity (Wildman–Crippen MR) is 74.4 cm³/mol. The Balaban J connectivity index is 2.27. The number of benzene rings is 1. The van der Waals surface area contributed by atoms with Gasteiger partial charge in [0.15, 0.2) is 0 Å². The van der Waals surface area contributed by atoms with Gasteiger partial charge in [-0.3, -0.25) is 4.98 Å². The van der Waals surface area contributed by atoms with Gasteiger partial charge in [0.25, 0.3) is 0 Å². The Kier molecular flexibility index (Phi) is 4.16. The van der Waals surface area contributed by atoms with Crippen molar-refractivity contribution in [1.29, 1.82) is 0 Å². The summed E-state index contributed by atoms with van der Waals surface area (Å²) in [4.78, 5) is 15.2. The second kappa shape index (κ2) is 5.84. The van der Waals surface area contributed by atoms with Gasteiger partial charge in [-0.05, 0) is 30.7 Å². The molecule has 1 N–H and O–H groups in total. The van der Waals surface area contributed by atoms with Crippen molar-refractivity contribution in [2.45, 2.75) is 13.5 Å². The average Bonchev–Trinajstić information content (AvgIpc) is 2.38. The molecule has 0 amide bonds. The zero-order chi connectivity index (χ0) is 13.8. The van der Waals surface area contributed by atoms with Crippen LogP contribution in [-0.4, -0.2) is 16.1 Å². The predicted octanol–water partition coefficient (Wildman–Crippen LogP) is 3.43. The third-order valence-electron chi connectivity index (χ3n) is 2.58. The molecule has 0 aliphatic rings. The number of aryl methyl sites for hydroxylation is 1. The fourth-order valence-corrected chi connectivity index (χ4v) is 2.29. The Morgan fingerprint density at radius 2 is 2.26 bits per heavy atom. The molecule has 1 aromatic carbocycles. The Bertz CT molecular complexity index is 599. The van der Waals surface area contributed by atoms with Crippen LogP contribution in [0.1, 0.15) is 21.5 Å². The summed E-state index contributed by atoms with van der Waals surface area (Å²) < 4.78 is 6.35. The number of halogens is 1. The highest BCUT2D eigenvalue weighted by Gasteiger charge is 2.15. The molecule has 0 aliphatic carbocycles. The Morgan fingerprint density at radius 1 is 1.47 bits per heavy atom. The van der Waals surface area contributed by atoms with E-state index in [9.17, 15) is 9.90 Å². The molecule has 0 atom stereocenters. The molecule has 0 fully saturated rings. The summed E-state index contributed by atoms with van der Waals surface area (Å²) in [6, 6.07) is 7.05. The van der Waals surface area contributed by atoms with Crippen LogP contribution < -0.4 is 4.74 Å². The van der Waals surface area contributed by atoms with Gasteiger partial charge < -0.3 is 9.84 Å². The molecule has 0 saturated heterocycles. The first-order chi connectivity index (χ1) is 9.08. The molecule has 98 valence electrons. The molecule has 1 aromatic heterocycles. The van der Waals surface area contributed by atoms with Crippen molar-refractivity contribution in [2.75, 3.05) is 0 Å². The maximum atomic E-state index is 11.2. The largest absolute Gasteiger partial charge is 0.488 e. The van der Waals surface area contributed by atoms with Crippen LogP contribution in [0.3, 0.4) is 0 Å². The molecule has 0 unspecified atom stereocenters. The monoisotopic (exact) mass is 321 g/mol. The number of carboxylic acid groups (broad SMARTS) is 1. The first-order valence-electron chi connectivity index (χ1n) is 5.63. The minimum Gasteiger partial charge on any atom is -0.488 e. The number of rotatable bonds is 4. The summed E-state index contributed by atoms with van der Waals surface area (Å²) in [5.74, 6) is -0.620. The minimum absolute atomic E-state index is 0.149. The highest BCUT2D eigenvalue weighted by atomic mass is 79.9. The lowest BCUT2D eigenvalue weighted by Crippen LogP contribution is -2.05. The molecule has 1 heterocycles. The van der Waals surface area contributed by atoms with Crippen molar-refractivity contribution in [1.82, 2.24) is 4.98 Å². The van der Waals surface area contributed by atoms with Crippen molar-refractivity contribution in [3.05, 3.63) is 57.8 Å². The standard InChI is InChI=1S/C14H12BrNO3/c1-9-5-11(15)6-12(14(17)18)13(9)19-8-10-3-2-4-16-7-10/h2-7H,8H2,1H3,(H,17,18). The summed E-state index contributed by atoms with van der Waals surface area (Å²) >= 11 is 3.28. The first-order valence-corrected chi connectivity index (χ1v) is 6.42. The van der Waals surface area contributed by atoms with E-state index in [1.165, 1.54) is 6.07 Å². The molecule has 19 heavy (non-hydrogen) atoms. The minimum atomic E-state index is -1.01. The van der Waals surface area contributed by atoms with Gasteiger partial charge in [0.05, 0.1) is 0 Å². The number of carbonyl (C=O) groups is 1. The summed E-state index contributed by atoms with van der Waals surface area (Å²) in [6.45, 7) is 2.10. The normalized spacial score (nSPS) is 10.2. The van der Waals surface area contributed by atoms with Gasteiger partial charge in [-0.15, -0.1) is 0 Å². The number of aromatic carboxylic acids is 1. The van der Waals surface area contributed by atoms with Gasteiger partial charge >= 0.3 is 5.97 Å². The summed E-state index contributed by atoms with van der Waals surface area (Å²) in [6.07, 6.45) is 3.37. The maximum Gasteiger partial charge on any atom is 0.339 e. The van der Waals surface area contributed by atoms with Crippen molar-refractivity contribution >= 4 is 21.9 Å². The summed E-state index contributed by atoms with van der Waals surface area (Å²) in [5.41, 5.74) is 1.81. The van der Waals surface area contributed by atoms with E-state index in [2.05, 4.69) is 20.9 Å². The van der Waals surface area contributed by atoms with Gasteiger partial charge in [0.2, 0.25) is 0 Å². The van der Waals surface area contributed by atoms with Crippen LogP contribution in [0, 0.1) is 6.92 Å². The van der Waals surface area contributed by atoms with Gasteiger partial charge in [-0.2, -0.15) is 0 Å². The van der Waals surface area contributed by atoms with Crippen LogP contribution in [0.5, 0.6) is 5.75 Å². The molecule has 5 heteroatoms. The van der Waals surface area contributed by atoms with Crippen molar-refractivity contribution in [2.24, 2.45) is 0 Å². The SMILES string of the molecule is Cc1cc(Br)cc(C(=O)O)c1OCc1cccnc1. The third kappa shape index (κ3) is 3.32. The fourth-order valence-electron chi connectivity index (χ4n) is 1.72. The second-order valence-corrected chi connectivity index (χ2v) is 4.97. The number of carboxylic acids is 1. The first kappa shape index (κ1) is 13.5. The van der Waals surface area contributed by atoms with Crippen LogP contribution in [-0.2, 0) is 6.61 Å². The third-order valence-corrected chi connectivity index (χ3v) is 3.03. The lowest BCUT2D eigenvalue weighted by molar-refractivity contribution is 0.0691. The van der Waals surface area contributed by atoms with Crippen LogP contribution in [0.15, 0.2) is 41.1 Å². The molecular formula is C14H12BrNO3. The lowest BCUT2D eigenvalue weighted by Gasteiger charge is -2.12. The zero-order valence-corrected chi connectivity index (χ0v) is 11.8. The van der Waals surface area contributed by atoms with E-state index >= 15 is 0 Å². The Hall–Kier alpha value is -1.88. The molecule has 0 radical (unpaired) electrons. The van der Waals surface area contributed by atoms with Crippen LogP contribution in [0.2, 0.25) is 0 Å². The van der Waals surface area contributed by atoms with Crippen molar-refractivity contribution < 1.29 is 14.6 Å². The smallest absolute Gasteiger partial charge is 0.339 e. The molecule has 0 aliphatic heterocycles. The number of hydrogen-bond donors (Lipinski definition) is 1. The zero-order valence-electron chi connectivity index (χ0n) is 10.3. The van der Waals surface area contributed by atoms with Crippen LogP contribution >= 0.6 is 15.9 Å². The number of ether oxygens (including phenoxy) is 1. The lowest BCUT2D eigenvalue weighted by atomic mass is 10.1. The van der Waals surface area contributed by atoms with Crippen molar-refractivity contribution in [3.8, 4) is 5.75 Å². The van der Waals surface area contributed by atoms with Crippen LogP contribution in [0.4, 0.5) is 0 Å². The van der Waals surface area contributed by atoms with E-state index in [0.29, 0.717) is 5.75 Å². The summed E-state index contributed by atoms with van der Waals surface area (Å²) in [7, 11) is 0. The van der Waals surface area contributed by atoms with Gasteiger partial charge in [-0.25, -0.2) is 4.79 Å². The number of aromatic nitrogens is 1. The quantitative estimate of drug-likeness (QED) is 0.937. The Morgan fingerprint density at radius 3 is 2.89 bits per heavy atom. The van der Waals surface area contributed by atoms with E-state index < -0.39 is 5.97 Å². The number of hydrogen-bond acceptors (Lipinski definition) is 3. The van der Waals surface area contributed by atoms with E-state index in [4.69, 9.17) is 4.74 Å². The maximum absolute atomic E-state index is 11.2. The van der Waals surface area contributed by atoms with Gasteiger partial charge in [-0.1, -0.05) is 22.0 Å². The number of nitrogens with zero attached hydrogens (tertiary/aromatic N) is 1. The van der Waals surface area contributed by atoms with E-state index in [0.717, 1.165) is 15.6 Å². The van der Waals surface area contributed by atoms with E-state index in [1.807, 2.05) is 25.1 Å². The molecule has 0 bridgehead atoms. The van der Waals surface area contributed by atoms with Crippen molar-refractivity contribution in [3.63, 3.8) is 0 Å². The molecular weight excluding hydrogens is 310 g/mol. The highest BCUT2D eigenvalue weighted by molar-refractivity contribution is 9.10. The van der Waals surface area contributed by atoms with Gasteiger partial charge in [0, 0.05) is 22.4 Å². The summed E-state index contributed by atoms with van der Waals surface area (Å²) in [5, 5.41) is 9.20. The Labute approximate surface area is 119 Å². The molecule has 4 nitrogen and oxygen atoms in total. The van der Waals surface area contributed by atoms with Gasteiger partial charge in [0.1, 0.15) is 17.9 Å². The fraction of sp³-hybridized carbons (Fsp3) is 0.143. The molecule has 0 saturated carbocycles. The topological polar surface area (TPSA) is 59.4 Å². The second-order valence-electron chi connectivity index (χ2n) is 4.05. The highest BCUT2D eigenvalue weighted by Crippen LogP contribution is 2.28.